The molecular weight excluding hydrogens is 314 g/mol. The molecule has 100 valence electrons. The fourth-order valence-corrected chi connectivity index (χ4v) is 1.55. The van der Waals surface area contributed by atoms with Crippen molar-refractivity contribution in [1.29, 1.82) is 0 Å². The molecule has 0 unspecified atom stereocenters. The third-order valence-electron chi connectivity index (χ3n) is 1.94. The van der Waals surface area contributed by atoms with Crippen LogP contribution in [0.25, 0.3) is 0 Å². The van der Waals surface area contributed by atoms with Gasteiger partial charge >= 0.3 is 12.0 Å². The van der Waals surface area contributed by atoms with Crippen molar-refractivity contribution in [2.75, 3.05) is 12.3 Å². The maximum atomic E-state index is 5.57. The van der Waals surface area contributed by atoms with E-state index in [2.05, 4.69) is 35.9 Å². The maximum absolute atomic E-state index is 5.57. The lowest BCUT2D eigenvalue weighted by molar-refractivity contribution is 0.285. The van der Waals surface area contributed by atoms with Gasteiger partial charge in [0.05, 0.1) is 12.8 Å². The van der Waals surface area contributed by atoms with Crippen molar-refractivity contribution >= 4 is 21.9 Å². The molecule has 2 heterocycles. The molecule has 0 saturated heterocycles. The van der Waals surface area contributed by atoms with Gasteiger partial charge in [0.25, 0.3) is 0 Å². The Morgan fingerprint density at radius 3 is 2.74 bits per heavy atom. The fourth-order valence-electron chi connectivity index (χ4n) is 1.21. The van der Waals surface area contributed by atoms with E-state index in [1.54, 1.807) is 12.3 Å². The van der Waals surface area contributed by atoms with E-state index in [0.29, 0.717) is 12.4 Å². The molecule has 8 heteroatoms. The van der Waals surface area contributed by atoms with Crippen LogP contribution in [0.2, 0.25) is 0 Å². The number of rotatable bonds is 5. The first-order chi connectivity index (χ1) is 9.17. The van der Waals surface area contributed by atoms with E-state index in [1.165, 1.54) is 6.20 Å². The first-order valence-electron chi connectivity index (χ1n) is 5.60. The van der Waals surface area contributed by atoms with Gasteiger partial charge in [-0.15, -0.1) is 4.98 Å². The molecule has 0 aliphatic carbocycles. The normalized spacial score (nSPS) is 10.2. The van der Waals surface area contributed by atoms with Gasteiger partial charge < -0.3 is 15.2 Å². The van der Waals surface area contributed by atoms with E-state index in [0.717, 1.165) is 10.9 Å². The largest absolute Gasteiger partial charge is 0.463 e. The molecule has 7 nitrogen and oxygen atoms in total. The summed E-state index contributed by atoms with van der Waals surface area (Å²) in [5.41, 5.74) is 5.57. The summed E-state index contributed by atoms with van der Waals surface area (Å²) in [5.74, 6) is 0.528. The van der Waals surface area contributed by atoms with Crippen LogP contribution in [0.5, 0.6) is 17.8 Å². The molecule has 2 N–H and O–H groups in total. The van der Waals surface area contributed by atoms with E-state index in [1.807, 2.05) is 6.92 Å². The van der Waals surface area contributed by atoms with Gasteiger partial charge in [0.1, 0.15) is 0 Å². The molecule has 19 heavy (non-hydrogen) atoms. The number of pyridine rings is 1. The summed E-state index contributed by atoms with van der Waals surface area (Å²) in [6.45, 7) is 2.48. The first-order valence-corrected chi connectivity index (χ1v) is 6.39. The van der Waals surface area contributed by atoms with Crippen molar-refractivity contribution in [1.82, 2.24) is 19.9 Å². The van der Waals surface area contributed by atoms with E-state index >= 15 is 0 Å². The summed E-state index contributed by atoms with van der Waals surface area (Å²) < 4.78 is 11.5. The highest BCUT2D eigenvalue weighted by Crippen LogP contribution is 2.21. The number of nitrogens with two attached hydrogens (primary N) is 1. The molecule has 0 bridgehead atoms. The van der Waals surface area contributed by atoms with Crippen LogP contribution in [0, 0.1) is 0 Å². The molecule has 0 atom stereocenters. The molecule has 0 aliphatic rings. The van der Waals surface area contributed by atoms with Gasteiger partial charge in [0, 0.05) is 10.7 Å². The summed E-state index contributed by atoms with van der Waals surface area (Å²) in [7, 11) is 0. The van der Waals surface area contributed by atoms with Crippen molar-refractivity contribution in [3.8, 4) is 17.8 Å². The number of halogens is 1. The Morgan fingerprint density at radius 1 is 1.21 bits per heavy atom. The van der Waals surface area contributed by atoms with Gasteiger partial charge in [-0.2, -0.15) is 9.97 Å². The number of hydrogen-bond donors (Lipinski definition) is 1. The smallest absolute Gasteiger partial charge is 0.330 e. The summed E-state index contributed by atoms with van der Waals surface area (Å²) in [4.78, 5) is 15.7. The number of hydrogen-bond acceptors (Lipinski definition) is 7. The number of aromatic nitrogens is 4. The Labute approximate surface area is 118 Å². The lowest BCUT2D eigenvalue weighted by atomic mass is 10.5. The topological polar surface area (TPSA) is 96.0 Å². The zero-order valence-corrected chi connectivity index (χ0v) is 11.8. The molecular formula is C11H12BrN5O2. The molecule has 2 aromatic heterocycles. The van der Waals surface area contributed by atoms with Gasteiger partial charge in [-0.1, -0.05) is 6.92 Å². The SMILES string of the molecule is CCCOc1nc(N)nc(Oc2cncc(Br)c2)n1. The van der Waals surface area contributed by atoms with Crippen LogP contribution in [-0.4, -0.2) is 26.5 Å². The van der Waals surface area contributed by atoms with Crippen molar-refractivity contribution in [3.05, 3.63) is 22.9 Å². The number of nitrogen functional groups attached to an aromatic ring is 1. The van der Waals surface area contributed by atoms with Crippen molar-refractivity contribution in [3.63, 3.8) is 0 Å². The zero-order chi connectivity index (χ0) is 13.7. The van der Waals surface area contributed by atoms with Crippen molar-refractivity contribution in [2.24, 2.45) is 0 Å². The van der Waals surface area contributed by atoms with Gasteiger partial charge in [-0.3, -0.25) is 4.98 Å². The predicted octanol–water partition coefficient (Wildman–Crippen LogP) is 2.19. The summed E-state index contributed by atoms with van der Waals surface area (Å²) in [6.07, 6.45) is 4.03. The van der Waals surface area contributed by atoms with Crippen LogP contribution in [0.1, 0.15) is 13.3 Å². The Morgan fingerprint density at radius 2 is 2.00 bits per heavy atom. The van der Waals surface area contributed by atoms with Crippen LogP contribution < -0.4 is 15.2 Å². The lowest BCUT2D eigenvalue weighted by Crippen LogP contribution is -2.05. The average Bonchev–Trinajstić information content (AvgIpc) is 2.35. The molecule has 0 amide bonds. The van der Waals surface area contributed by atoms with Crippen LogP contribution in [0.15, 0.2) is 22.9 Å². The molecule has 0 saturated carbocycles. The number of anilines is 1. The molecule has 0 radical (unpaired) electrons. The zero-order valence-electron chi connectivity index (χ0n) is 10.2. The molecule has 0 aliphatic heterocycles. The highest BCUT2D eigenvalue weighted by atomic mass is 79.9. The monoisotopic (exact) mass is 325 g/mol. The van der Waals surface area contributed by atoms with Crippen LogP contribution in [0.3, 0.4) is 0 Å². The Kier molecular flexibility index (Phi) is 4.45. The van der Waals surface area contributed by atoms with E-state index in [4.69, 9.17) is 15.2 Å². The van der Waals surface area contributed by atoms with Gasteiger partial charge in [-0.05, 0) is 28.4 Å². The van der Waals surface area contributed by atoms with Crippen LogP contribution in [-0.2, 0) is 0 Å². The molecule has 0 fully saturated rings. The molecule has 2 aromatic rings. The second-order valence-corrected chi connectivity index (χ2v) is 4.46. The fraction of sp³-hybridized carbons (Fsp3) is 0.273. The average molecular weight is 326 g/mol. The third kappa shape index (κ3) is 4.02. The van der Waals surface area contributed by atoms with Gasteiger partial charge in [0.15, 0.2) is 5.75 Å². The number of nitrogens with zero attached hydrogens (tertiary/aromatic N) is 4. The standard InChI is InChI=1S/C11H12BrN5O2/c1-2-3-18-10-15-9(13)16-11(17-10)19-8-4-7(12)5-14-6-8/h4-6H,2-3H2,1H3,(H2,13,15,16,17). The second kappa shape index (κ2) is 6.28. The summed E-state index contributed by atoms with van der Waals surface area (Å²) >= 11 is 3.29. The van der Waals surface area contributed by atoms with Gasteiger partial charge in [0.2, 0.25) is 5.95 Å². The first kappa shape index (κ1) is 13.5. The highest BCUT2D eigenvalue weighted by Gasteiger charge is 2.08. The molecule has 0 aromatic carbocycles. The lowest BCUT2D eigenvalue weighted by Gasteiger charge is -2.06. The molecule has 2 rings (SSSR count). The van der Waals surface area contributed by atoms with Crippen LogP contribution >= 0.6 is 15.9 Å². The molecule has 0 spiro atoms. The van der Waals surface area contributed by atoms with E-state index < -0.39 is 0 Å². The van der Waals surface area contributed by atoms with Gasteiger partial charge in [-0.25, -0.2) is 0 Å². The van der Waals surface area contributed by atoms with E-state index in [9.17, 15) is 0 Å². The Balaban J connectivity index is 2.17. The minimum Gasteiger partial charge on any atom is -0.463 e. The van der Waals surface area contributed by atoms with E-state index in [-0.39, 0.29) is 18.0 Å². The summed E-state index contributed by atoms with van der Waals surface area (Å²) in [5, 5.41) is 0. The minimum atomic E-state index is 0.0408. The Hall–Kier alpha value is -1.96. The quantitative estimate of drug-likeness (QED) is 0.899. The minimum absolute atomic E-state index is 0.0408. The maximum Gasteiger partial charge on any atom is 0.330 e. The second-order valence-electron chi connectivity index (χ2n) is 3.55. The van der Waals surface area contributed by atoms with Crippen molar-refractivity contribution < 1.29 is 9.47 Å². The number of ether oxygens (including phenoxy) is 2. The predicted molar refractivity (Wildman–Crippen MR) is 72.0 cm³/mol. The highest BCUT2D eigenvalue weighted by molar-refractivity contribution is 9.10. The third-order valence-corrected chi connectivity index (χ3v) is 2.37. The van der Waals surface area contributed by atoms with Crippen molar-refractivity contribution in [2.45, 2.75) is 13.3 Å². The van der Waals surface area contributed by atoms with Crippen LogP contribution in [0.4, 0.5) is 5.95 Å². The summed E-state index contributed by atoms with van der Waals surface area (Å²) in [6, 6.07) is 1.95. The Bertz CT molecular complexity index is 567.